The van der Waals surface area contributed by atoms with Crippen LogP contribution in [0, 0.1) is 0 Å². The van der Waals surface area contributed by atoms with E-state index in [1.54, 1.807) is 0 Å². The molecule has 2 heteroatoms. The van der Waals surface area contributed by atoms with Gasteiger partial charge in [0.05, 0.1) is 16.7 Å². The first-order chi connectivity index (χ1) is 23.8. The zero-order valence-corrected chi connectivity index (χ0v) is 26.4. The Balaban J connectivity index is 1.32. The van der Waals surface area contributed by atoms with E-state index in [1.807, 2.05) is 0 Å². The predicted molar refractivity (Wildman–Crippen MR) is 204 cm³/mol. The van der Waals surface area contributed by atoms with Crippen LogP contribution in [0.1, 0.15) is 0 Å². The summed E-state index contributed by atoms with van der Waals surface area (Å²) in [5.74, 6) is 0. The highest BCUT2D eigenvalue weighted by atomic mass is 15.1. The molecule has 0 N–H and O–H groups in total. The van der Waals surface area contributed by atoms with Gasteiger partial charge in [0.1, 0.15) is 0 Å². The van der Waals surface area contributed by atoms with Crippen LogP contribution in [0.3, 0.4) is 0 Å². The highest BCUT2D eigenvalue weighted by molar-refractivity contribution is 6.16. The number of hydrogen-bond acceptors (Lipinski definition) is 1. The molecule has 9 aromatic rings. The summed E-state index contributed by atoms with van der Waals surface area (Å²) < 4.78 is 2.42. The molecule has 0 aliphatic rings. The minimum absolute atomic E-state index is 1.11. The van der Waals surface area contributed by atoms with E-state index in [9.17, 15) is 0 Å². The maximum Gasteiger partial charge on any atom is 0.0562 e. The molecule has 8 aromatic carbocycles. The molecule has 2 nitrogen and oxygen atoms in total. The van der Waals surface area contributed by atoms with Crippen molar-refractivity contribution in [2.45, 2.75) is 0 Å². The second-order valence-corrected chi connectivity index (χ2v) is 12.2. The molecular weight excluding hydrogens is 581 g/mol. The SMILES string of the molecule is c1ccc(-c2cccc(-c3cccc4c3c3ccc(N(c5ccccc5)c5cccc6ccccc56)cc3n4-c3ccccc3)c2)cc1. The molecule has 1 aromatic heterocycles. The van der Waals surface area contributed by atoms with E-state index < -0.39 is 0 Å². The molecule has 1 heterocycles. The van der Waals surface area contributed by atoms with E-state index >= 15 is 0 Å². The highest BCUT2D eigenvalue weighted by Crippen LogP contribution is 2.44. The molecule has 9 rings (SSSR count). The predicted octanol–water partition coefficient (Wildman–Crippen LogP) is 12.7. The molecule has 0 amide bonds. The number of anilines is 3. The standard InChI is InChI=1S/C46H32N2/c1-4-15-33(16-5-1)35-19-12-20-36(31-35)41-26-14-28-44-46(41)42-30-29-39(32-45(42)48(44)38-23-8-3-9-24-38)47(37-21-6-2-7-22-37)43-27-13-18-34-17-10-11-25-40(34)43/h1-32H. The molecule has 226 valence electrons. The number of para-hydroxylation sites is 2. The lowest BCUT2D eigenvalue weighted by molar-refractivity contribution is 1.18. The molecule has 0 fully saturated rings. The van der Waals surface area contributed by atoms with Crippen molar-refractivity contribution in [3.63, 3.8) is 0 Å². The van der Waals surface area contributed by atoms with Gasteiger partial charge in [0.2, 0.25) is 0 Å². The summed E-state index contributed by atoms with van der Waals surface area (Å²) in [5.41, 5.74) is 11.7. The van der Waals surface area contributed by atoms with Gasteiger partial charge in [-0.05, 0) is 82.2 Å². The lowest BCUT2D eigenvalue weighted by Crippen LogP contribution is -2.10. The first-order valence-electron chi connectivity index (χ1n) is 16.4. The number of rotatable bonds is 6. The van der Waals surface area contributed by atoms with E-state index in [0.29, 0.717) is 0 Å². The van der Waals surface area contributed by atoms with Gasteiger partial charge >= 0.3 is 0 Å². The fourth-order valence-corrected chi connectivity index (χ4v) is 7.20. The van der Waals surface area contributed by atoms with Crippen molar-refractivity contribution in [1.29, 1.82) is 0 Å². The van der Waals surface area contributed by atoms with Crippen molar-refractivity contribution in [2.24, 2.45) is 0 Å². The summed E-state index contributed by atoms with van der Waals surface area (Å²) >= 11 is 0. The zero-order valence-electron chi connectivity index (χ0n) is 26.4. The molecule has 0 unspecified atom stereocenters. The lowest BCUT2D eigenvalue weighted by Gasteiger charge is -2.27. The Morgan fingerprint density at radius 3 is 1.85 bits per heavy atom. The van der Waals surface area contributed by atoms with Crippen LogP contribution >= 0.6 is 0 Å². The first-order valence-corrected chi connectivity index (χ1v) is 16.4. The van der Waals surface area contributed by atoms with Crippen LogP contribution in [-0.2, 0) is 0 Å². The Labute approximate surface area is 280 Å². The van der Waals surface area contributed by atoms with Crippen LogP contribution in [0.2, 0.25) is 0 Å². The maximum absolute atomic E-state index is 2.42. The largest absolute Gasteiger partial charge is 0.310 e. The fourth-order valence-electron chi connectivity index (χ4n) is 7.20. The molecule has 0 radical (unpaired) electrons. The molecule has 0 saturated heterocycles. The molecule has 0 spiro atoms. The van der Waals surface area contributed by atoms with Gasteiger partial charge < -0.3 is 9.47 Å². The molecule has 0 saturated carbocycles. The minimum Gasteiger partial charge on any atom is -0.310 e. The fraction of sp³-hybridized carbons (Fsp3) is 0. The number of nitrogens with zero attached hydrogens (tertiary/aromatic N) is 2. The Kier molecular flexibility index (Phi) is 6.84. The normalized spacial score (nSPS) is 11.3. The summed E-state index contributed by atoms with van der Waals surface area (Å²) in [5, 5.41) is 4.92. The van der Waals surface area contributed by atoms with Crippen LogP contribution in [0.4, 0.5) is 17.1 Å². The summed E-state index contributed by atoms with van der Waals surface area (Å²) in [6, 6.07) is 69.9. The van der Waals surface area contributed by atoms with Crippen molar-refractivity contribution in [3.8, 4) is 27.9 Å². The monoisotopic (exact) mass is 612 g/mol. The van der Waals surface area contributed by atoms with Crippen LogP contribution in [0.25, 0.3) is 60.5 Å². The van der Waals surface area contributed by atoms with E-state index in [2.05, 4.69) is 204 Å². The van der Waals surface area contributed by atoms with Gasteiger partial charge in [0.25, 0.3) is 0 Å². The second kappa shape index (κ2) is 11.8. The minimum atomic E-state index is 1.11. The second-order valence-electron chi connectivity index (χ2n) is 12.2. The zero-order chi connectivity index (χ0) is 31.9. The van der Waals surface area contributed by atoms with Crippen LogP contribution in [-0.4, -0.2) is 4.57 Å². The van der Waals surface area contributed by atoms with E-state index in [1.165, 1.54) is 54.8 Å². The Morgan fingerprint density at radius 2 is 1.02 bits per heavy atom. The Bertz CT molecular complexity index is 2540. The average Bonchev–Trinajstić information content (AvgIpc) is 3.50. The summed E-state index contributed by atoms with van der Waals surface area (Å²) in [6.45, 7) is 0. The Morgan fingerprint density at radius 1 is 0.375 bits per heavy atom. The maximum atomic E-state index is 2.42. The third kappa shape index (κ3) is 4.74. The summed E-state index contributed by atoms with van der Waals surface area (Å²) in [7, 11) is 0. The number of aromatic nitrogens is 1. The third-order valence-electron chi connectivity index (χ3n) is 9.35. The average molecular weight is 613 g/mol. The highest BCUT2D eigenvalue weighted by Gasteiger charge is 2.20. The summed E-state index contributed by atoms with van der Waals surface area (Å²) in [4.78, 5) is 2.39. The smallest absolute Gasteiger partial charge is 0.0562 e. The van der Waals surface area contributed by atoms with Gasteiger partial charge in [-0.15, -0.1) is 0 Å². The molecular formula is C46H32N2. The Hall–Kier alpha value is -6.38. The molecule has 0 aliphatic carbocycles. The van der Waals surface area contributed by atoms with Gasteiger partial charge in [-0.25, -0.2) is 0 Å². The van der Waals surface area contributed by atoms with Crippen molar-refractivity contribution in [3.05, 3.63) is 194 Å². The van der Waals surface area contributed by atoms with Gasteiger partial charge in [0.15, 0.2) is 0 Å². The van der Waals surface area contributed by atoms with Gasteiger partial charge in [-0.1, -0.05) is 140 Å². The summed E-state index contributed by atoms with van der Waals surface area (Å²) in [6.07, 6.45) is 0. The molecule has 0 atom stereocenters. The quantitative estimate of drug-likeness (QED) is 0.181. The van der Waals surface area contributed by atoms with Crippen molar-refractivity contribution >= 4 is 49.6 Å². The van der Waals surface area contributed by atoms with Gasteiger partial charge in [-0.2, -0.15) is 0 Å². The molecule has 0 bridgehead atoms. The molecule has 0 aliphatic heterocycles. The lowest BCUT2D eigenvalue weighted by atomic mass is 9.96. The first kappa shape index (κ1) is 27.9. The molecule has 48 heavy (non-hydrogen) atoms. The van der Waals surface area contributed by atoms with Crippen LogP contribution in [0.5, 0.6) is 0 Å². The number of hydrogen-bond donors (Lipinski definition) is 0. The number of benzene rings is 8. The number of fused-ring (bicyclic) bond motifs is 4. The van der Waals surface area contributed by atoms with Crippen molar-refractivity contribution in [2.75, 3.05) is 4.90 Å². The van der Waals surface area contributed by atoms with Crippen LogP contribution < -0.4 is 4.90 Å². The van der Waals surface area contributed by atoms with E-state index in [0.717, 1.165) is 22.7 Å². The van der Waals surface area contributed by atoms with Crippen molar-refractivity contribution in [1.82, 2.24) is 4.57 Å². The van der Waals surface area contributed by atoms with E-state index in [-0.39, 0.29) is 0 Å². The van der Waals surface area contributed by atoms with Crippen LogP contribution in [0.15, 0.2) is 194 Å². The third-order valence-corrected chi connectivity index (χ3v) is 9.35. The van der Waals surface area contributed by atoms with Gasteiger partial charge in [0, 0.05) is 33.2 Å². The van der Waals surface area contributed by atoms with Gasteiger partial charge in [-0.3, -0.25) is 0 Å². The topological polar surface area (TPSA) is 8.17 Å². The van der Waals surface area contributed by atoms with E-state index in [4.69, 9.17) is 0 Å². The van der Waals surface area contributed by atoms with Crippen molar-refractivity contribution < 1.29 is 0 Å².